The van der Waals surface area contributed by atoms with E-state index in [9.17, 15) is 0 Å². The second kappa shape index (κ2) is 4.26. The van der Waals surface area contributed by atoms with Gasteiger partial charge in [-0.25, -0.2) is 5.84 Å². The van der Waals surface area contributed by atoms with Gasteiger partial charge in [0, 0.05) is 35.2 Å². The van der Waals surface area contributed by atoms with E-state index in [-0.39, 0.29) is 0 Å². The number of hydrazine groups is 1. The third-order valence-electron chi connectivity index (χ3n) is 1.72. The van der Waals surface area contributed by atoms with Crippen molar-refractivity contribution in [3.63, 3.8) is 0 Å². The van der Waals surface area contributed by atoms with Crippen LogP contribution in [0.4, 0.5) is 17.8 Å². The zero-order valence-electron chi connectivity index (χ0n) is 9.76. The van der Waals surface area contributed by atoms with Crippen LogP contribution >= 0.6 is 0 Å². The van der Waals surface area contributed by atoms with Crippen molar-refractivity contribution in [1.29, 1.82) is 0 Å². The third kappa shape index (κ3) is 2.66. The number of anilines is 3. The van der Waals surface area contributed by atoms with E-state index in [1.165, 1.54) is 5.01 Å². The van der Waals surface area contributed by atoms with Crippen molar-refractivity contribution >= 4 is 17.8 Å². The van der Waals surface area contributed by atoms with E-state index in [1.54, 1.807) is 7.05 Å². The van der Waals surface area contributed by atoms with Gasteiger partial charge in [-0.3, -0.25) is 5.01 Å². The fourth-order valence-corrected chi connectivity index (χ4v) is 0.901. The zero-order chi connectivity index (χ0) is 11.6. The van der Waals surface area contributed by atoms with Gasteiger partial charge in [-0.1, -0.05) is 0 Å². The predicted octanol–water partition coefficient (Wildman–Crippen LogP) is -0.686. The topological polar surface area (TPSA) is 74.4 Å². The van der Waals surface area contributed by atoms with Crippen LogP contribution in [0.15, 0.2) is 0 Å². The van der Waals surface area contributed by atoms with Gasteiger partial charge in [-0.05, 0) is 0 Å². The first kappa shape index (κ1) is 11.4. The summed E-state index contributed by atoms with van der Waals surface area (Å²) in [5.74, 6) is 7.21. The van der Waals surface area contributed by atoms with Crippen LogP contribution in [-0.4, -0.2) is 50.2 Å². The smallest absolute Gasteiger partial charge is 0.246 e. The zero-order valence-corrected chi connectivity index (χ0v) is 9.76. The Labute approximate surface area is 89.5 Å². The largest absolute Gasteiger partial charge is 0.347 e. The molecule has 0 radical (unpaired) electrons. The molecule has 0 aromatic carbocycles. The minimum atomic E-state index is 0.442. The Kier molecular flexibility index (Phi) is 3.25. The number of rotatable bonds is 3. The second-order valence-electron chi connectivity index (χ2n) is 3.64. The summed E-state index contributed by atoms with van der Waals surface area (Å²) in [6, 6.07) is 0. The Morgan fingerprint density at radius 2 is 1.07 bits per heavy atom. The Morgan fingerprint density at radius 3 is 1.33 bits per heavy atom. The highest BCUT2D eigenvalue weighted by Gasteiger charge is 2.10. The first-order valence-corrected chi connectivity index (χ1v) is 4.51. The fourth-order valence-electron chi connectivity index (χ4n) is 0.901. The van der Waals surface area contributed by atoms with Crippen LogP contribution in [-0.2, 0) is 0 Å². The highest BCUT2D eigenvalue weighted by atomic mass is 15.5. The van der Waals surface area contributed by atoms with E-state index < -0.39 is 0 Å². The lowest BCUT2D eigenvalue weighted by molar-refractivity contribution is 0.862. The van der Waals surface area contributed by atoms with Gasteiger partial charge < -0.3 is 9.80 Å². The molecular weight excluding hydrogens is 194 g/mol. The summed E-state index contributed by atoms with van der Waals surface area (Å²) in [5.41, 5.74) is 0. The van der Waals surface area contributed by atoms with Crippen LogP contribution in [0, 0.1) is 0 Å². The van der Waals surface area contributed by atoms with Gasteiger partial charge >= 0.3 is 0 Å². The molecule has 84 valence electrons. The third-order valence-corrected chi connectivity index (χ3v) is 1.72. The molecule has 1 aromatic heterocycles. The summed E-state index contributed by atoms with van der Waals surface area (Å²) in [5, 5.41) is 1.36. The summed E-state index contributed by atoms with van der Waals surface area (Å²) in [4.78, 5) is 16.3. The molecule has 7 nitrogen and oxygen atoms in total. The Bertz CT molecular complexity index is 269. The Morgan fingerprint density at radius 1 is 0.733 bits per heavy atom. The minimum Gasteiger partial charge on any atom is -0.347 e. The van der Waals surface area contributed by atoms with Crippen LogP contribution in [0.2, 0.25) is 0 Å². The molecule has 0 saturated carbocycles. The maximum Gasteiger partial charge on any atom is 0.246 e. The van der Waals surface area contributed by atoms with Gasteiger partial charge in [0.05, 0.1) is 0 Å². The van der Waals surface area contributed by atoms with Crippen molar-refractivity contribution in [1.82, 2.24) is 15.0 Å². The van der Waals surface area contributed by atoms with Crippen molar-refractivity contribution in [3.8, 4) is 0 Å². The molecule has 15 heavy (non-hydrogen) atoms. The summed E-state index contributed by atoms with van der Waals surface area (Å²) in [6.07, 6.45) is 0. The van der Waals surface area contributed by atoms with E-state index in [2.05, 4.69) is 15.0 Å². The maximum absolute atomic E-state index is 5.60. The van der Waals surface area contributed by atoms with Gasteiger partial charge in [0.25, 0.3) is 0 Å². The van der Waals surface area contributed by atoms with E-state index in [0.717, 1.165) is 0 Å². The SMILES string of the molecule is CN(C)c1nc(N(C)C)nc(N(C)N)n1. The molecule has 0 aliphatic rings. The maximum atomic E-state index is 5.60. The second-order valence-corrected chi connectivity index (χ2v) is 3.64. The number of nitrogens with zero attached hydrogens (tertiary/aromatic N) is 6. The van der Waals surface area contributed by atoms with Gasteiger partial charge in [0.2, 0.25) is 17.8 Å². The molecule has 0 bridgehead atoms. The molecule has 0 spiro atoms. The normalized spacial score (nSPS) is 10.0. The van der Waals surface area contributed by atoms with Gasteiger partial charge in [0.15, 0.2) is 0 Å². The van der Waals surface area contributed by atoms with Crippen molar-refractivity contribution < 1.29 is 0 Å². The lowest BCUT2D eigenvalue weighted by Gasteiger charge is -2.18. The van der Waals surface area contributed by atoms with Crippen molar-refractivity contribution in [3.05, 3.63) is 0 Å². The summed E-state index contributed by atoms with van der Waals surface area (Å²) in [6.45, 7) is 0. The molecule has 7 heteroatoms. The van der Waals surface area contributed by atoms with Gasteiger partial charge in [-0.2, -0.15) is 15.0 Å². The molecule has 0 saturated heterocycles. The minimum absolute atomic E-state index is 0.442. The first-order chi connectivity index (χ1) is 6.91. The number of hydrogen-bond acceptors (Lipinski definition) is 7. The Hall–Kier alpha value is -1.63. The van der Waals surface area contributed by atoms with Crippen LogP contribution < -0.4 is 20.7 Å². The first-order valence-electron chi connectivity index (χ1n) is 4.51. The molecule has 0 atom stereocenters. The number of aromatic nitrogens is 3. The van der Waals surface area contributed by atoms with Crippen molar-refractivity contribution in [2.75, 3.05) is 50.0 Å². The molecule has 0 aliphatic heterocycles. The molecular formula is C8H17N7. The van der Waals surface area contributed by atoms with E-state index >= 15 is 0 Å². The van der Waals surface area contributed by atoms with E-state index in [4.69, 9.17) is 5.84 Å². The molecule has 1 aromatic rings. The quantitative estimate of drug-likeness (QED) is 0.524. The predicted molar refractivity (Wildman–Crippen MR) is 61.1 cm³/mol. The molecule has 0 unspecified atom stereocenters. The van der Waals surface area contributed by atoms with Crippen LogP contribution in [0.5, 0.6) is 0 Å². The molecule has 0 amide bonds. The monoisotopic (exact) mass is 211 g/mol. The van der Waals surface area contributed by atoms with Crippen LogP contribution in [0.3, 0.4) is 0 Å². The lowest BCUT2D eigenvalue weighted by Crippen LogP contribution is -2.29. The molecule has 0 aliphatic carbocycles. The fraction of sp³-hybridized carbons (Fsp3) is 0.625. The Balaban J connectivity index is 3.20. The lowest BCUT2D eigenvalue weighted by atomic mass is 10.7. The molecule has 2 N–H and O–H groups in total. The van der Waals surface area contributed by atoms with Crippen molar-refractivity contribution in [2.24, 2.45) is 5.84 Å². The van der Waals surface area contributed by atoms with Crippen LogP contribution in [0.25, 0.3) is 0 Å². The summed E-state index contributed by atoms with van der Waals surface area (Å²) in [7, 11) is 9.17. The average molecular weight is 211 g/mol. The standard InChI is InChI=1S/C8H17N7/c1-13(2)6-10-7(14(3)4)12-8(11-6)15(5)9/h9H2,1-5H3. The summed E-state index contributed by atoms with van der Waals surface area (Å²) >= 11 is 0. The summed E-state index contributed by atoms with van der Waals surface area (Å²) < 4.78 is 0. The number of hydrogen-bond donors (Lipinski definition) is 1. The van der Waals surface area contributed by atoms with Crippen LogP contribution in [0.1, 0.15) is 0 Å². The van der Waals surface area contributed by atoms with E-state index in [0.29, 0.717) is 17.8 Å². The number of nitrogens with two attached hydrogens (primary N) is 1. The molecule has 0 fully saturated rings. The average Bonchev–Trinajstić information content (AvgIpc) is 2.16. The molecule has 1 rings (SSSR count). The van der Waals surface area contributed by atoms with E-state index in [1.807, 2.05) is 38.0 Å². The molecule has 1 heterocycles. The highest BCUT2D eigenvalue weighted by molar-refractivity contribution is 5.43. The van der Waals surface area contributed by atoms with Gasteiger partial charge in [0.1, 0.15) is 0 Å². The van der Waals surface area contributed by atoms with Gasteiger partial charge in [-0.15, -0.1) is 0 Å². The van der Waals surface area contributed by atoms with Crippen molar-refractivity contribution in [2.45, 2.75) is 0 Å². The highest BCUT2D eigenvalue weighted by Crippen LogP contribution is 2.13.